The standard InChI is InChI=1S/C84H62N2/c1-83(2)73-35-15-13-33-65(73)67-45-41-57(49-75(67)83)81-69-47-43-60(86(79-39-19-27-55-23-7-11-31-63(55)79)80-40-20-28-56-24-8-12-32-64(56)80)52-72(69)82(58-42-46-68-66-34-14-16-36-74(66)84(3,4)76(68)50-58)70-48-44-59(51-71(70)81)85(77-37-17-25-53-21-5-9-29-61(53)77)78-38-18-26-54-22-6-10-30-62(54)78/h5-15,17-35,37-52H,16,36H2,1-4H3. The molecule has 2 heteroatoms. The van der Waals surface area contributed by atoms with Crippen LogP contribution < -0.4 is 9.80 Å². The van der Waals surface area contributed by atoms with Crippen LogP contribution in [0.15, 0.2) is 285 Å². The number of hydrogen-bond donors (Lipinski definition) is 0. The maximum absolute atomic E-state index is 2.57. The van der Waals surface area contributed by atoms with Gasteiger partial charge >= 0.3 is 0 Å². The summed E-state index contributed by atoms with van der Waals surface area (Å²) in [6.45, 7) is 9.72. The van der Waals surface area contributed by atoms with E-state index in [2.05, 4.69) is 317 Å². The molecule has 408 valence electrons. The van der Waals surface area contributed by atoms with Gasteiger partial charge in [-0.3, -0.25) is 0 Å². The zero-order valence-electron chi connectivity index (χ0n) is 48.9. The zero-order chi connectivity index (χ0) is 57.4. The van der Waals surface area contributed by atoms with Gasteiger partial charge in [-0.15, -0.1) is 0 Å². The second-order valence-electron chi connectivity index (χ2n) is 25.0. The third-order valence-electron chi connectivity index (χ3n) is 19.7. The van der Waals surface area contributed by atoms with Gasteiger partial charge in [-0.25, -0.2) is 0 Å². The first-order chi connectivity index (χ1) is 42.2. The van der Waals surface area contributed by atoms with E-state index in [9.17, 15) is 0 Å². The molecule has 0 fully saturated rings. The maximum atomic E-state index is 2.57. The average molecular weight is 1100 g/mol. The van der Waals surface area contributed by atoms with Crippen LogP contribution in [-0.2, 0) is 10.8 Å². The minimum atomic E-state index is -0.206. The van der Waals surface area contributed by atoms with E-state index in [1.165, 1.54) is 126 Å². The van der Waals surface area contributed by atoms with Gasteiger partial charge < -0.3 is 9.80 Å². The average Bonchev–Trinajstić information content (AvgIpc) is 1.35. The lowest BCUT2D eigenvalue weighted by Crippen LogP contribution is -2.17. The number of fused-ring (bicyclic) bond motifs is 11. The van der Waals surface area contributed by atoms with Crippen LogP contribution in [0, 0.1) is 0 Å². The van der Waals surface area contributed by atoms with Crippen molar-refractivity contribution >= 4 is 104 Å². The van der Waals surface area contributed by atoms with Crippen LogP contribution in [-0.4, -0.2) is 0 Å². The van der Waals surface area contributed by atoms with Crippen LogP contribution in [0.5, 0.6) is 0 Å². The van der Waals surface area contributed by atoms with Crippen LogP contribution in [0.25, 0.3) is 104 Å². The highest BCUT2D eigenvalue weighted by Gasteiger charge is 2.39. The van der Waals surface area contributed by atoms with Crippen molar-refractivity contribution in [3.05, 3.63) is 307 Å². The van der Waals surface area contributed by atoms with Gasteiger partial charge in [0.25, 0.3) is 0 Å². The Bertz CT molecular complexity index is 5080. The molecule has 0 saturated heterocycles. The number of hydrogen-bond acceptors (Lipinski definition) is 2. The van der Waals surface area contributed by atoms with Crippen LogP contribution in [0.4, 0.5) is 34.1 Å². The molecule has 0 radical (unpaired) electrons. The summed E-state index contributed by atoms with van der Waals surface area (Å²) in [5.41, 5.74) is 22.4. The molecular formula is C84H62N2. The Morgan fingerprint density at radius 1 is 0.302 bits per heavy atom. The Morgan fingerprint density at radius 3 is 1.17 bits per heavy atom. The fourth-order valence-electron chi connectivity index (χ4n) is 15.6. The van der Waals surface area contributed by atoms with E-state index in [-0.39, 0.29) is 10.8 Å². The Balaban J connectivity index is 1.01. The minimum Gasteiger partial charge on any atom is -0.309 e. The number of benzene rings is 14. The normalized spacial score (nSPS) is 14.5. The molecule has 14 aromatic carbocycles. The first-order valence-electron chi connectivity index (χ1n) is 30.5. The molecule has 17 rings (SSSR count). The van der Waals surface area contributed by atoms with Crippen molar-refractivity contribution in [3.63, 3.8) is 0 Å². The number of allylic oxidation sites excluding steroid dienone is 4. The molecule has 3 aliphatic rings. The van der Waals surface area contributed by atoms with E-state index in [1.54, 1.807) is 5.57 Å². The molecule has 0 heterocycles. The molecule has 0 aliphatic heterocycles. The van der Waals surface area contributed by atoms with E-state index in [0.717, 1.165) is 47.0 Å². The Kier molecular flexibility index (Phi) is 11.2. The molecule has 0 saturated carbocycles. The molecule has 0 atom stereocenters. The van der Waals surface area contributed by atoms with Crippen molar-refractivity contribution < 1.29 is 0 Å². The molecule has 0 unspecified atom stereocenters. The summed E-state index contributed by atoms with van der Waals surface area (Å²) in [5, 5.41) is 14.4. The molecule has 14 aromatic rings. The van der Waals surface area contributed by atoms with Gasteiger partial charge in [-0.05, 0) is 178 Å². The molecule has 0 bridgehead atoms. The Labute approximate surface area is 502 Å². The molecule has 2 nitrogen and oxygen atoms in total. The molecule has 3 aliphatic carbocycles. The van der Waals surface area contributed by atoms with Crippen LogP contribution in [0.3, 0.4) is 0 Å². The Morgan fingerprint density at radius 2 is 0.698 bits per heavy atom. The summed E-state index contributed by atoms with van der Waals surface area (Å²) in [6.07, 6.45) is 6.92. The molecule has 0 N–H and O–H groups in total. The quantitative estimate of drug-likeness (QED) is 0.140. The second-order valence-corrected chi connectivity index (χ2v) is 25.0. The predicted molar refractivity (Wildman–Crippen MR) is 368 cm³/mol. The van der Waals surface area contributed by atoms with E-state index in [1.807, 2.05) is 0 Å². The van der Waals surface area contributed by atoms with Gasteiger partial charge in [0, 0.05) is 43.7 Å². The first-order valence-corrected chi connectivity index (χ1v) is 30.5. The van der Waals surface area contributed by atoms with Gasteiger partial charge in [0.1, 0.15) is 0 Å². The predicted octanol–water partition coefficient (Wildman–Crippen LogP) is 23.6. The molecule has 86 heavy (non-hydrogen) atoms. The summed E-state index contributed by atoms with van der Waals surface area (Å²) in [6, 6.07) is 101. The summed E-state index contributed by atoms with van der Waals surface area (Å²) in [5.74, 6) is 0. The SMILES string of the molecule is CC1(C)C2=C(C=CCC2)c2ccc(-c3c4ccc(N(c5cccc6ccccc56)c5cccc6ccccc56)cc4c(-c4ccc5c(c4)C(C)(C)c4ccccc4-5)c4ccc(N(c5cccc6ccccc56)c5cccc6ccccc56)cc34)cc21. The largest absolute Gasteiger partial charge is 0.309 e. The van der Waals surface area contributed by atoms with Gasteiger partial charge in [0.2, 0.25) is 0 Å². The highest BCUT2D eigenvalue weighted by Crippen LogP contribution is 2.56. The van der Waals surface area contributed by atoms with Crippen LogP contribution >= 0.6 is 0 Å². The van der Waals surface area contributed by atoms with E-state index < -0.39 is 0 Å². The van der Waals surface area contributed by atoms with Gasteiger partial charge in [0.05, 0.1) is 22.7 Å². The summed E-state index contributed by atoms with van der Waals surface area (Å²) >= 11 is 0. The van der Waals surface area contributed by atoms with Crippen molar-refractivity contribution in [2.24, 2.45) is 0 Å². The van der Waals surface area contributed by atoms with Gasteiger partial charge in [-0.2, -0.15) is 0 Å². The van der Waals surface area contributed by atoms with E-state index in [4.69, 9.17) is 0 Å². The second kappa shape index (κ2) is 19.1. The summed E-state index contributed by atoms with van der Waals surface area (Å²) in [4.78, 5) is 5.05. The highest BCUT2D eigenvalue weighted by molar-refractivity contribution is 6.24. The topological polar surface area (TPSA) is 6.48 Å². The smallest absolute Gasteiger partial charge is 0.0540 e. The number of anilines is 6. The maximum Gasteiger partial charge on any atom is 0.0540 e. The summed E-state index contributed by atoms with van der Waals surface area (Å²) < 4.78 is 0. The van der Waals surface area contributed by atoms with Gasteiger partial charge in [0.15, 0.2) is 0 Å². The van der Waals surface area contributed by atoms with Crippen molar-refractivity contribution in [3.8, 4) is 33.4 Å². The Hall–Kier alpha value is -10.3. The number of rotatable bonds is 8. The fraction of sp³-hybridized carbons (Fsp3) is 0.0952. The monoisotopic (exact) mass is 1100 g/mol. The van der Waals surface area contributed by atoms with Gasteiger partial charge in [-0.1, -0.05) is 252 Å². The molecular weight excluding hydrogens is 1040 g/mol. The third-order valence-corrected chi connectivity index (χ3v) is 19.7. The molecule has 0 aromatic heterocycles. The minimum absolute atomic E-state index is 0.124. The van der Waals surface area contributed by atoms with E-state index >= 15 is 0 Å². The lowest BCUT2D eigenvalue weighted by molar-refractivity contribution is 0.607. The van der Waals surface area contributed by atoms with Crippen LogP contribution in [0.1, 0.15) is 62.8 Å². The van der Waals surface area contributed by atoms with Crippen LogP contribution in [0.2, 0.25) is 0 Å². The lowest BCUT2D eigenvalue weighted by atomic mass is 9.77. The molecule has 0 spiro atoms. The third kappa shape index (κ3) is 7.52. The number of nitrogens with zero attached hydrogens (tertiary/aromatic N) is 2. The van der Waals surface area contributed by atoms with Crippen molar-refractivity contribution in [1.82, 2.24) is 0 Å². The zero-order valence-corrected chi connectivity index (χ0v) is 48.9. The highest BCUT2D eigenvalue weighted by atomic mass is 15.2. The fourth-order valence-corrected chi connectivity index (χ4v) is 15.6. The molecule has 0 amide bonds. The van der Waals surface area contributed by atoms with E-state index in [0.29, 0.717) is 0 Å². The van der Waals surface area contributed by atoms with Crippen molar-refractivity contribution in [2.75, 3.05) is 9.80 Å². The van der Waals surface area contributed by atoms with Crippen molar-refractivity contribution in [1.29, 1.82) is 0 Å². The first kappa shape index (κ1) is 50.3. The van der Waals surface area contributed by atoms with Crippen molar-refractivity contribution in [2.45, 2.75) is 51.4 Å². The summed E-state index contributed by atoms with van der Waals surface area (Å²) in [7, 11) is 0. The lowest BCUT2D eigenvalue weighted by Gasteiger charge is -2.30.